The Morgan fingerprint density at radius 2 is 1.74 bits per heavy atom. The molecule has 0 bridgehead atoms. The molecule has 1 heterocycles. The topological polar surface area (TPSA) is 74.8 Å². The maximum atomic E-state index is 12.8. The van der Waals surface area contributed by atoms with Gasteiger partial charge in [-0.2, -0.15) is 4.31 Å². The molecule has 1 aliphatic heterocycles. The Bertz CT molecular complexity index is 785. The molecule has 9 heteroatoms. The van der Waals surface area contributed by atoms with Crippen molar-refractivity contribution in [2.45, 2.75) is 30.7 Å². The summed E-state index contributed by atoms with van der Waals surface area (Å²) < 4.78 is 51.4. The third-order valence-corrected chi connectivity index (χ3v) is 7.85. The van der Waals surface area contributed by atoms with Crippen molar-refractivity contribution in [2.24, 2.45) is 0 Å². The smallest absolute Gasteiger partial charge is 0.213 e. The van der Waals surface area contributed by atoms with Gasteiger partial charge in [0.05, 0.1) is 11.2 Å². The molecule has 1 saturated heterocycles. The Kier molecular flexibility index (Phi) is 5.42. The molecule has 0 saturated carbocycles. The minimum atomic E-state index is -3.62. The van der Waals surface area contributed by atoms with Crippen LogP contribution in [0, 0.1) is 6.92 Å². The van der Waals surface area contributed by atoms with Crippen LogP contribution >= 0.6 is 11.6 Å². The van der Waals surface area contributed by atoms with E-state index in [-0.39, 0.29) is 10.9 Å². The van der Waals surface area contributed by atoms with E-state index < -0.39 is 20.0 Å². The largest absolute Gasteiger partial charge is 0.243 e. The molecular formula is C14H21ClN2O4S2. The van der Waals surface area contributed by atoms with Gasteiger partial charge in [0.25, 0.3) is 0 Å². The zero-order valence-electron chi connectivity index (χ0n) is 13.4. The summed E-state index contributed by atoms with van der Waals surface area (Å²) in [7, 11) is -5.36. The van der Waals surface area contributed by atoms with E-state index in [1.807, 2.05) is 0 Å². The van der Waals surface area contributed by atoms with Gasteiger partial charge in [0.2, 0.25) is 20.0 Å². The van der Waals surface area contributed by atoms with E-state index in [9.17, 15) is 16.8 Å². The Hall–Kier alpha value is -0.670. The number of halogens is 1. The van der Waals surface area contributed by atoms with Crippen molar-refractivity contribution in [3.8, 4) is 0 Å². The lowest BCUT2D eigenvalue weighted by Gasteiger charge is -2.35. The molecular weight excluding hydrogens is 360 g/mol. The van der Waals surface area contributed by atoms with Crippen molar-refractivity contribution in [1.82, 2.24) is 8.61 Å². The second-order valence-corrected chi connectivity index (χ2v) is 10.2. The van der Waals surface area contributed by atoms with Crippen LogP contribution in [0.3, 0.4) is 0 Å². The summed E-state index contributed by atoms with van der Waals surface area (Å²) in [6.07, 6.45) is 2.11. The Balaban J connectivity index is 2.17. The van der Waals surface area contributed by atoms with E-state index in [2.05, 4.69) is 0 Å². The molecule has 0 aromatic heterocycles. The van der Waals surface area contributed by atoms with E-state index in [1.165, 1.54) is 21.7 Å². The van der Waals surface area contributed by atoms with Gasteiger partial charge in [-0.15, -0.1) is 0 Å². The fourth-order valence-electron chi connectivity index (χ4n) is 2.71. The van der Waals surface area contributed by atoms with Crippen LogP contribution in [-0.4, -0.2) is 57.9 Å². The quantitative estimate of drug-likeness (QED) is 0.796. The molecule has 6 nitrogen and oxygen atoms in total. The highest BCUT2D eigenvalue weighted by molar-refractivity contribution is 7.89. The molecule has 0 N–H and O–H groups in total. The maximum Gasteiger partial charge on any atom is 0.243 e. The lowest BCUT2D eigenvalue weighted by molar-refractivity contribution is 0.239. The standard InChI is InChI=1S/C14H21ClN2O4S2/c1-11-4-5-12(15)10-14(11)23(20,21)17-8-6-13(7-9-17)16(2)22(3,18)19/h4-5,10,13H,6-9H2,1-3H3. The predicted molar refractivity (Wildman–Crippen MR) is 90.6 cm³/mol. The zero-order valence-corrected chi connectivity index (χ0v) is 15.7. The molecule has 0 atom stereocenters. The number of hydrogen-bond acceptors (Lipinski definition) is 4. The molecule has 0 spiro atoms. The van der Waals surface area contributed by atoms with E-state index in [0.29, 0.717) is 36.5 Å². The van der Waals surface area contributed by atoms with Crippen molar-refractivity contribution >= 4 is 31.6 Å². The van der Waals surface area contributed by atoms with E-state index >= 15 is 0 Å². The van der Waals surface area contributed by atoms with Crippen LogP contribution < -0.4 is 0 Å². The van der Waals surface area contributed by atoms with Gasteiger partial charge in [0.15, 0.2) is 0 Å². The second-order valence-electron chi connectivity index (χ2n) is 5.82. The number of nitrogens with zero attached hydrogens (tertiary/aromatic N) is 2. The molecule has 0 unspecified atom stereocenters. The van der Waals surface area contributed by atoms with Gasteiger partial charge in [-0.25, -0.2) is 21.1 Å². The highest BCUT2D eigenvalue weighted by Crippen LogP contribution is 2.27. The molecule has 0 aliphatic carbocycles. The Morgan fingerprint density at radius 1 is 1.17 bits per heavy atom. The van der Waals surface area contributed by atoms with E-state index in [0.717, 1.165) is 6.26 Å². The zero-order chi connectivity index (χ0) is 17.4. The molecule has 130 valence electrons. The SMILES string of the molecule is Cc1ccc(Cl)cc1S(=O)(=O)N1CCC(N(C)S(C)(=O)=O)CC1. The summed E-state index contributed by atoms with van der Waals surface area (Å²) in [6, 6.07) is 4.63. The first kappa shape index (κ1) is 18.7. The molecule has 23 heavy (non-hydrogen) atoms. The van der Waals surface area contributed by atoms with Crippen molar-refractivity contribution in [3.05, 3.63) is 28.8 Å². The van der Waals surface area contributed by atoms with Crippen molar-refractivity contribution in [1.29, 1.82) is 0 Å². The average Bonchev–Trinajstić information content (AvgIpc) is 2.48. The van der Waals surface area contributed by atoms with Gasteiger partial charge >= 0.3 is 0 Å². The third-order valence-electron chi connectivity index (χ3n) is 4.23. The molecule has 0 radical (unpaired) electrons. The summed E-state index contributed by atoms with van der Waals surface area (Å²) in [6.45, 7) is 2.31. The summed E-state index contributed by atoms with van der Waals surface area (Å²) in [5.74, 6) is 0. The van der Waals surface area contributed by atoms with Gasteiger partial charge in [-0.1, -0.05) is 17.7 Å². The predicted octanol–water partition coefficient (Wildman–Crippen LogP) is 1.69. The first-order valence-corrected chi connectivity index (χ1v) is 10.9. The monoisotopic (exact) mass is 380 g/mol. The van der Waals surface area contributed by atoms with E-state index in [4.69, 9.17) is 11.6 Å². The minimum absolute atomic E-state index is 0.170. The average molecular weight is 381 g/mol. The normalized spacial score (nSPS) is 18.5. The number of hydrogen-bond donors (Lipinski definition) is 0. The first-order chi connectivity index (χ1) is 10.5. The fourth-order valence-corrected chi connectivity index (χ4v) is 5.42. The van der Waals surface area contributed by atoms with E-state index in [1.54, 1.807) is 19.1 Å². The molecule has 1 fully saturated rings. The van der Waals surface area contributed by atoms with Crippen LogP contribution in [0.4, 0.5) is 0 Å². The van der Waals surface area contributed by atoms with Crippen molar-refractivity contribution in [3.63, 3.8) is 0 Å². The van der Waals surface area contributed by atoms with Crippen LogP contribution in [0.5, 0.6) is 0 Å². The van der Waals surface area contributed by atoms with Crippen LogP contribution in [0.1, 0.15) is 18.4 Å². The number of sulfonamides is 2. The molecule has 1 aromatic rings. The lowest BCUT2D eigenvalue weighted by Crippen LogP contribution is -2.47. The molecule has 0 amide bonds. The summed E-state index contributed by atoms with van der Waals surface area (Å²) in [5.41, 5.74) is 0.643. The van der Waals surface area contributed by atoms with Crippen LogP contribution in [0.15, 0.2) is 23.1 Å². The van der Waals surface area contributed by atoms with Gasteiger partial charge < -0.3 is 0 Å². The van der Waals surface area contributed by atoms with Gasteiger partial charge in [-0.3, -0.25) is 0 Å². The second kappa shape index (κ2) is 6.68. The molecule has 1 aliphatic rings. The molecule has 1 aromatic carbocycles. The summed E-state index contributed by atoms with van der Waals surface area (Å²) in [4.78, 5) is 0.208. The summed E-state index contributed by atoms with van der Waals surface area (Å²) >= 11 is 5.92. The van der Waals surface area contributed by atoms with Gasteiger partial charge in [0, 0.05) is 31.2 Å². The maximum absolute atomic E-state index is 12.8. The van der Waals surface area contributed by atoms with Crippen LogP contribution in [0.2, 0.25) is 5.02 Å². The molecule has 2 rings (SSSR count). The number of rotatable bonds is 4. The first-order valence-electron chi connectivity index (χ1n) is 7.23. The Morgan fingerprint density at radius 3 is 2.26 bits per heavy atom. The van der Waals surface area contributed by atoms with Gasteiger partial charge in [0.1, 0.15) is 0 Å². The minimum Gasteiger partial charge on any atom is -0.213 e. The Labute approximate surface area is 143 Å². The number of aryl methyl sites for hydroxylation is 1. The highest BCUT2D eigenvalue weighted by Gasteiger charge is 2.33. The lowest BCUT2D eigenvalue weighted by atomic mass is 10.1. The third kappa shape index (κ3) is 4.06. The van der Waals surface area contributed by atoms with Crippen LogP contribution in [-0.2, 0) is 20.0 Å². The number of benzene rings is 1. The van der Waals surface area contributed by atoms with Crippen molar-refractivity contribution in [2.75, 3.05) is 26.4 Å². The van der Waals surface area contributed by atoms with Crippen LogP contribution in [0.25, 0.3) is 0 Å². The highest BCUT2D eigenvalue weighted by atomic mass is 35.5. The van der Waals surface area contributed by atoms with Gasteiger partial charge in [-0.05, 0) is 37.5 Å². The summed E-state index contributed by atoms with van der Waals surface area (Å²) in [5, 5.41) is 0.376. The fraction of sp³-hybridized carbons (Fsp3) is 0.571. The van der Waals surface area contributed by atoms with Crippen molar-refractivity contribution < 1.29 is 16.8 Å². The number of piperidine rings is 1.